The van der Waals surface area contributed by atoms with E-state index in [0.29, 0.717) is 12.2 Å². The minimum atomic E-state index is -0.158. The van der Waals surface area contributed by atoms with Gasteiger partial charge in [0.2, 0.25) is 0 Å². The topological polar surface area (TPSA) is 76.7 Å². The normalized spacial score (nSPS) is 12.1. The molecule has 0 saturated heterocycles. The number of nitrogens with two attached hydrogens (primary N) is 1. The summed E-state index contributed by atoms with van der Waals surface area (Å²) in [5, 5.41) is 6.54. The Labute approximate surface area is 137 Å². The van der Waals surface area contributed by atoms with Crippen molar-refractivity contribution in [1.82, 2.24) is 15.0 Å². The van der Waals surface area contributed by atoms with Gasteiger partial charge in [-0.3, -0.25) is 4.98 Å². The third-order valence-electron chi connectivity index (χ3n) is 3.07. The van der Waals surface area contributed by atoms with Crippen LogP contribution in [0.2, 0.25) is 5.02 Å². The summed E-state index contributed by atoms with van der Waals surface area (Å²) in [7, 11) is 0. The van der Waals surface area contributed by atoms with Crippen molar-refractivity contribution in [2.45, 2.75) is 12.5 Å². The average molecular weight is 332 g/mol. The predicted molar refractivity (Wildman–Crippen MR) is 89.5 cm³/mol. The van der Waals surface area contributed by atoms with Crippen LogP contribution in [0.4, 0.5) is 10.9 Å². The summed E-state index contributed by atoms with van der Waals surface area (Å²) in [6.07, 6.45) is 5.61. The molecular formula is C15H14ClN5S. The highest BCUT2D eigenvalue weighted by atomic mass is 35.5. The first-order chi connectivity index (χ1) is 10.7. The highest BCUT2D eigenvalue weighted by Gasteiger charge is 2.12. The van der Waals surface area contributed by atoms with Gasteiger partial charge in [0, 0.05) is 22.8 Å². The van der Waals surface area contributed by atoms with E-state index >= 15 is 0 Å². The molecule has 0 aliphatic heterocycles. The summed E-state index contributed by atoms with van der Waals surface area (Å²) in [4.78, 5) is 12.7. The lowest BCUT2D eigenvalue weighted by Crippen LogP contribution is -2.13. The van der Waals surface area contributed by atoms with E-state index in [2.05, 4.69) is 20.3 Å². The molecule has 1 aromatic carbocycles. The van der Waals surface area contributed by atoms with Crippen LogP contribution in [0.15, 0.2) is 48.2 Å². The number of nitrogens with one attached hydrogen (secondary N) is 1. The van der Waals surface area contributed by atoms with E-state index in [1.165, 1.54) is 11.3 Å². The van der Waals surface area contributed by atoms with Crippen molar-refractivity contribution >= 4 is 33.9 Å². The molecule has 0 amide bonds. The van der Waals surface area contributed by atoms with Crippen LogP contribution in [-0.4, -0.2) is 15.0 Å². The van der Waals surface area contributed by atoms with Gasteiger partial charge in [0.25, 0.3) is 0 Å². The largest absolute Gasteiger partial charge is 0.322 e. The molecule has 7 heteroatoms. The average Bonchev–Trinajstić information content (AvgIpc) is 2.99. The minimum Gasteiger partial charge on any atom is -0.322 e. The van der Waals surface area contributed by atoms with Crippen molar-refractivity contribution in [3.8, 4) is 0 Å². The summed E-state index contributed by atoms with van der Waals surface area (Å²) < 4.78 is 0. The maximum Gasteiger partial charge on any atom is 0.188 e. The molecule has 3 N–H and O–H groups in total. The fourth-order valence-corrected chi connectivity index (χ4v) is 2.87. The third-order valence-corrected chi connectivity index (χ3v) is 4.10. The maximum atomic E-state index is 6.23. The molecule has 0 saturated carbocycles. The van der Waals surface area contributed by atoms with Gasteiger partial charge in [-0.15, -0.1) is 11.3 Å². The lowest BCUT2D eigenvalue weighted by atomic mass is 10.1. The van der Waals surface area contributed by atoms with E-state index in [1.807, 2.05) is 29.6 Å². The summed E-state index contributed by atoms with van der Waals surface area (Å²) in [6, 6.07) is 7.53. The zero-order chi connectivity index (χ0) is 15.4. The highest BCUT2D eigenvalue weighted by Crippen LogP contribution is 2.24. The van der Waals surface area contributed by atoms with Crippen molar-refractivity contribution in [3.05, 3.63) is 64.5 Å². The fraction of sp³-hybridized carbons (Fsp3) is 0.133. The first-order valence-electron chi connectivity index (χ1n) is 6.69. The van der Waals surface area contributed by atoms with Crippen molar-refractivity contribution in [3.63, 3.8) is 0 Å². The molecule has 0 radical (unpaired) electrons. The second kappa shape index (κ2) is 6.83. The Hall–Kier alpha value is -2.02. The second-order valence-corrected chi connectivity index (χ2v) is 6.02. The zero-order valence-corrected chi connectivity index (χ0v) is 13.2. The molecule has 22 heavy (non-hydrogen) atoms. The summed E-state index contributed by atoms with van der Waals surface area (Å²) in [6.45, 7) is 0. The highest BCUT2D eigenvalue weighted by molar-refractivity contribution is 7.13. The number of halogens is 1. The molecule has 0 aliphatic carbocycles. The molecule has 0 bridgehead atoms. The Balaban J connectivity index is 1.66. The summed E-state index contributed by atoms with van der Waals surface area (Å²) >= 11 is 7.38. The summed E-state index contributed by atoms with van der Waals surface area (Å²) in [5.74, 6) is 0.662. The van der Waals surface area contributed by atoms with Gasteiger partial charge in [-0.1, -0.05) is 23.7 Å². The van der Waals surface area contributed by atoms with E-state index in [9.17, 15) is 0 Å². The smallest absolute Gasteiger partial charge is 0.188 e. The quantitative estimate of drug-likeness (QED) is 0.747. The van der Waals surface area contributed by atoms with Crippen molar-refractivity contribution in [2.75, 3.05) is 5.32 Å². The maximum absolute atomic E-state index is 6.23. The molecule has 1 atom stereocenters. The molecule has 112 valence electrons. The van der Waals surface area contributed by atoms with Crippen LogP contribution < -0.4 is 11.1 Å². The third kappa shape index (κ3) is 3.79. The molecule has 5 nitrogen and oxygen atoms in total. The van der Waals surface area contributed by atoms with Gasteiger partial charge < -0.3 is 11.1 Å². The van der Waals surface area contributed by atoms with E-state index in [-0.39, 0.29) is 6.04 Å². The second-order valence-electron chi connectivity index (χ2n) is 4.73. The first kappa shape index (κ1) is 14.9. The van der Waals surface area contributed by atoms with Gasteiger partial charge in [0.1, 0.15) is 0 Å². The van der Waals surface area contributed by atoms with Crippen LogP contribution in [0.3, 0.4) is 0 Å². The number of benzene rings is 1. The number of nitrogens with zero attached hydrogens (tertiary/aromatic N) is 3. The molecule has 0 fully saturated rings. The number of thiazole rings is 1. The summed E-state index contributed by atoms with van der Waals surface area (Å²) in [5.41, 5.74) is 8.21. The van der Waals surface area contributed by atoms with E-state index in [4.69, 9.17) is 17.3 Å². The standard InChI is InChI=1S/C15H14ClN5S/c16-11-3-1-10(2-4-11)7-12(17)13-9-22-15(20-13)21-14-8-18-5-6-19-14/h1-6,8-9,12H,7,17H2,(H,19,20,21). The number of rotatable bonds is 5. The van der Waals surface area contributed by atoms with Crippen LogP contribution in [0.25, 0.3) is 0 Å². The Morgan fingerprint density at radius 2 is 2.05 bits per heavy atom. The zero-order valence-electron chi connectivity index (χ0n) is 11.6. The molecule has 2 aromatic heterocycles. The molecular weight excluding hydrogens is 318 g/mol. The van der Waals surface area contributed by atoms with Crippen molar-refractivity contribution in [1.29, 1.82) is 0 Å². The van der Waals surface area contributed by atoms with E-state index < -0.39 is 0 Å². The van der Waals surface area contributed by atoms with E-state index in [1.54, 1.807) is 18.6 Å². The number of hydrogen-bond acceptors (Lipinski definition) is 6. The van der Waals surface area contributed by atoms with E-state index in [0.717, 1.165) is 21.4 Å². The molecule has 0 aliphatic rings. The van der Waals surface area contributed by atoms with Gasteiger partial charge in [0.05, 0.1) is 17.9 Å². The SMILES string of the molecule is NC(Cc1ccc(Cl)cc1)c1csc(Nc2cnccn2)n1. The Morgan fingerprint density at radius 1 is 1.23 bits per heavy atom. The Kier molecular flexibility index (Phi) is 4.62. The Morgan fingerprint density at radius 3 is 2.77 bits per heavy atom. The van der Waals surface area contributed by atoms with Gasteiger partial charge >= 0.3 is 0 Å². The van der Waals surface area contributed by atoms with Gasteiger partial charge in [-0.05, 0) is 24.1 Å². The first-order valence-corrected chi connectivity index (χ1v) is 7.95. The van der Waals surface area contributed by atoms with Gasteiger partial charge in [0.15, 0.2) is 10.9 Å². The number of aromatic nitrogens is 3. The minimum absolute atomic E-state index is 0.158. The lowest BCUT2D eigenvalue weighted by molar-refractivity contribution is 0.702. The van der Waals surface area contributed by atoms with Gasteiger partial charge in [-0.2, -0.15) is 0 Å². The monoisotopic (exact) mass is 331 g/mol. The van der Waals surface area contributed by atoms with Crippen molar-refractivity contribution < 1.29 is 0 Å². The fourth-order valence-electron chi connectivity index (χ4n) is 1.97. The van der Waals surface area contributed by atoms with Crippen LogP contribution in [0.1, 0.15) is 17.3 Å². The predicted octanol–water partition coefficient (Wildman–Crippen LogP) is 3.57. The van der Waals surface area contributed by atoms with Crippen LogP contribution in [0.5, 0.6) is 0 Å². The van der Waals surface area contributed by atoms with Crippen molar-refractivity contribution in [2.24, 2.45) is 5.73 Å². The number of anilines is 2. The van der Waals surface area contributed by atoms with Gasteiger partial charge in [-0.25, -0.2) is 9.97 Å². The molecule has 2 heterocycles. The van der Waals surface area contributed by atoms with Crippen LogP contribution in [0, 0.1) is 0 Å². The number of hydrogen-bond donors (Lipinski definition) is 2. The lowest BCUT2D eigenvalue weighted by Gasteiger charge is -2.09. The molecule has 3 aromatic rings. The van der Waals surface area contributed by atoms with Crippen LogP contribution in [-0.2, 0) is 6.42 Å². The van der Waals surface area contributed by atoms with Crippen LogP contribution >= 0.6 is 22.9 Å². The molecule has 1 unspecified atom stereocenters. The molecule has 0 spiro atoms. The molecule has 3 rings (SSSR count). The Bertz CT molecular complexity index is 729.